The highest BCUT2D eigenvalue weighted by molar-refractivity contribution is 5.93. The molecule has 0 bridgehead atoms. The van der Waals surface area contributed by atoms with Gasteiger partial charge < -0.3 is 10.2 Å². The van der Waals surface area contributed by atoms with Crippen LogP contribution in [0, 0.1) is 11.8 Å². The summed E-state index contributed by atoms with van der Waals surface area (Å²) in [7, 11) is 0. The molecular weight excluding hydrogens is 288 g/mol. The lowest BCUT2D eigenvalue weighted by atomic mass is 10.3. The van der Waals surface area contributed by atoms with Crippen molar-refractivity contribution < 1.29 is 29.4 Å². The van der Waals surface area contributed by atoms with E-state index in [2.05, 4.69) is 41.5 Å². The topological polar surface area (TPSA) is 109 Å². The number of carbonyl (C=O) groups is 4. The molecule has 0 aliphatic rings. The van der Waals surface area contributed by atoms with E-state index in [1.807, 2.05) is 0 Å². The van der Waals surface area contributed by atoms with E-state index < -0.39 is 11.9 Å². The number of hydrogen-bond donors (Lipinski definition) is 2. The molecule has 0 amide bonds. The third-order valence-corrected chi connectivity index (χ3v) is 0.800. The minimum atomic E-state index is -1.06. The maximum Gasteiger partial charge on any atom is 0.310 e. The Bertz CT molecular complexity index is 257. The van der Waals surface area contributed by atoms with Crippen LogP contribution in [0.5, 0.6) is 0 Å². The maximum absolute atomic E-state index is 9.87. The van der Waals surface area contributed by atoms with Crippen molar-refractivity contribution in [2.24, 2.45) is 11.8 Å². The number of rotatable bonds is 4. The fourth-order valence-electron chi connectivity index (χ4n) is 0.426. The number of carboxylic acid groups (broad SMARTS) is 2. The number of aliphatic carboxylic acids is 2. The van der Waals surface area contributed by atoms with E-state index >= 15 is 0 Å². The Morgan fingerprint density at radius 1 is 0.636 bits per heavy atom. The lowest BCUT2D eigenvalue weighted by Gasteiger charge is -1.80. The van der Waals surface area contributed by atoms with Gasteiger partial charge in [0.05, 0.1) is 0 Å². The minimum absolute atomic E-state index is 0.312. The summed E-state index contributed by atoms with van der Waals surface area (Å²) in [6.45, 7) is 15.5. The van der Waals surface area contributed by atoms with Crippen LogP contribution in [0.15, 0.2) is 0 Å². The molecule has 0 aliphatic carbocycles. The quantitative estimate of drug-likeness (QED) is 0.768. The van der Waals surface area contributed by atoms with Gasteiger partial charge in [0.2, 0.25) is 0 Å². The monoisotopic (exact) mass is 320 g/mol. The summed E-state index contributed by atoms with van der Waals surface area (Å²) in [6.07, 6.45) is -0.722. The zero-order valence-corrected chi connectivity index (χ0v) is 15.1. The van der Waals surface area contributed by atoms with Crippen LogP contribution in [-0.2, 0) is 19.2 Å². The van der Waals surface area contributed by atoms with E-state index in [4.69, 9.17) is 10.2 Å². The molecule has 0 aromatic heterocycles. The van der Waals surface area contributed by atoms with E-state index in [-0.39, 0.29) is 24.4 Å². The Morgan fingerprint density at radius 3 is 0.773 bits per heavy atom. The summed E-state index contributed by atoms with van der Waals surface area (Å²) < 4.78 is 0. The lowest BCUT2D eigenvalue weighted by molar-refractivity contribution is -0.141. The van der Waals surface area contributed by atoms with Crippen molar-refractivity contribution in [3.63, 3.8) is 0 Å². The molecule has 6 nitrogen and oxygen atoms in total. The molecule has 0 aromatic carbocycles. The number of ketones is 2. The first kappa shape index (κ1) is 28.4. The van der Waals surface area contributed by atoms with Gasteiger partial charge in [-0.2, -0.15) is 0 Å². The summed E-state index contributed by atoms with van der Waals surface area (Å²) >= 11 is 0. The van der Waals surface area contributed by atoms with Crippen molar-refractivity contribution >= 4 is 23.5 Å². The van der Waals surface area contributed by atoms with Crippen LogP contribution in [0.1, 0.15) is 68.2 Å². The van der Waals surface area contributed by atoms with Gasteiger partial charge in [-0.1, -0.05) is 41.5 Å². The van der Waals surface area contributed by atoms with E-state index in [0.717, 1.165) is 11.8 Å². The summed E-state index contributed by atoms with van der Waals surface area (Å²) in [5.41, 5.74) is 0. The van der Waals surface area contributed by atoms with Crippen LogP contribution >= 0.6 is 0 Å². The largest absolute Gasteiger partial charge is 0.481 e. The first-order valence-corrected chi connectivity index (χ1v) is 7.14. The molecule has 0 rings (SSSR count). The second kappa shape index (κ2) is 19.3. The Morgan fingerprint density at radius 2 is 0.773 bits per heavy atom. The van der Waals surface area contributed by atoms with Crippen LogP contribution in [0.2, 0.25) is 0 Å². The highest BCUT2D eigenvalue weighted by Gasteiger charge is 1.98. The third kappa shape index (κ3) is 138. The van der Waals surface area contributed by atoms with E-state index in [9.17, 15) is 19.2 Å². The maximum atomic E-state index is 9.87. The van der Waals surface area contributed by atoms with Crippen molar-refractivity contribution in [1.82, 2.24) is 0 Å². The SMILES string of the molecule is CC(=O)CC(=O)O.CC(=O)CC(=O)O.CC(C)C.CC(C)C. The van der Waals surface area contributed by atoms with Crippen molar-refractivity contribution in [3.05, 3.63) is 0 Å². The molecule has 0 aliphatic heterocycles. The smallest absolute Gasteiger partial charge is 0.310 e. The molecule has 0 heterocycles. The van der Waals surface area contributed by atoms with Crippen molar-refractivity contribution in [1.29, 1.82) is 0 Å². The second-order valence-corrected chi connectivity index (χ2v) is 6.01. The van der Waals surface area contributed by atoms with Crippen LogP contribution in [0.25, 0.3) is 0 Å². The minimum Gasteiger partial charge on any atom is -0.481 e. The summed E-state index contributed by atoms with van der Waals surface area (Å²) in [5.74, 6) is -1.08. The van der Waals surface area contributed by atoms with Crippen LogP contribution in [0.4, 0.5) is 0 Å². The Kier molecular flexibility index (Phi) is 24.9. The number of carboxylic acids is 2. The van der Waals surface area contributed by atoms with E-state index in [1.54, 1.807) is 0 Å². The van der Waals surface area contributed by atoms with Gasteiger partial charge in [-0.15, -0.1) is 0 Å². The summed E-state index contributed by atoms with van der Waals surface area (Å²) in [5, 5.41) is 15.7. The van der Waals surface area contributed by atoms with Gasteiger partial charge in [0.1, 0.15) is 24.4 Å². The van der Waals surface area contributed by atoms with Crippen LogP contribution in [0.3, 0.4) is 0 Å². The van der Waals surface area contributed by atoms with E-state index in [0.29, 0.717) is 0 Å². The predicted molar refractivity (Wildman–Crippen MR) is 86.9 cm³/mol. The molecule has 0 radical (unpaired) electrons. The fraction of sp³-hybridized carbons (Fsp3) is 0.750. The highest BCUT2D eigenvalue weighted by Crippen LogP contribution is 1.81. The molecule has 0 atom stereocenters. The van der Waals surface area contributed by atoms with Gasteiger partial charge in [-0.3, -0.25) is 19.2 Å². The molecule has 2 N–H and O–H groups in total. The number of carbonyl (C=O) groups excluding carboxylic acids is 2. The zero-order valence-electron chi connectivity index (χ0n) is 15.1. The molecule has 0 saturated carbocycles. The first-order valence-electron chi connectivity index (χ1n) is 7.14. The average molecular weight is 320 g/mol. The van der Waals surface area contributed by atoms with Crippen LogP contribution in [-0.4, -0.2) is 33.7 Å². The average Bonchev–Trinajstić information content (AvgIpc) is 2.10. The standard InChI is InChI=1S/2C4H6O3.2C4H10/c2*1-3(5)2-4(6)7;2*1-4(2)3/h2*2H2,1H3,(H,6,7);2*4H,1-3H3. The Balaban J connectivity index is -0.000000102. The summed E-state index contributed by atoms with van der Waals surface area (Å²) in [4.78, 5) is 38.9. The molecule has 22 heavy (non-hydrogen) atoms. The third-order valence-electron chi connectivity index (χ3n) is 0.800. The van der Waals surface area contributed by atoms with Crippen LogP contribution < -0.4 is 0 Å². The summed E-state index contributed by atoms with van der Waals surface area (Å²) in [6, 6.07) is 0. The first-order chi connectivity index (χ1) is 9.72. The number of hydrogen-bond acceptors (Lipinski definition) is 4. The second-order valence-electron chi connectivity index (χ2n) is 6.01. The van der Waals surface area contributed by atoms with Gasteiger partial charge in [0, 0.05) is 0 Å². The zero-order chi connectivity index (χ0) is 18.9. The molecule has 132 valence electrons. The fourth-order valence-corrected chi connectivity index (χ4v) is 0.426. The van der Waals surface area contributed by atoms with Crippen molar-refractivity contribution in [2.75, 3.05) is 0 Å². The molecule has 0 saturated heterocycles. The Labute approximate surface area is 133 Å². The molecule has 0 aromatic rings. The van der Waals surface area contributed by atoms with Crippen molar-refractivity contribution in [3.8, 4) is 0 Å². The van der Waals surface area contributed by atoms with E-state index in [1.165, 1.54) is 13.8 Å². The molecule has 0 spiro atoms. The lowest BCUT2D eigenvalue weighted by Crippen LogP contribution is -2.00. The molecule has 0 unspecified atom stereocenters. The van der Waals surface area contributed by atoms with Crippen molar-refractivity contribution in [2.45, 2.75) is 68.2 Å². The number of Topliss-reactive ketones (excluding diaryl/α,β-unsaturated/α-hetero) is 2. The normalized spacial score (nSPS) is 8.45. The van der Waals surface area contributed by atoms with Gasteiger partial charge in [0.25, 0.3) is 0 Å². The molecule has 6 heteroatoms. The van der Waals surface area contributed by atoms with Gasteiger partial charge in [-0.05, 0) is 25.7 Å². The molecular formula is C16H32O6. The predicted octanol–water partition coefficient (Wildman–Crippen LogP) is 3.42. The Hall–Kier alpha value is -1.72. The van der Waals surface area contributed by atoms with Gasteiger partial charge in [0.15, 0.2) is 0 Å². The van der Waals surface area contributed by atoms with Gasteiger partial charge in [-0.25, -0.2) is 0 Å². The highest BCUT2D eigenvalue weighted by atomic mass is 16.4. The molecule has 0 fully saturated rings. The van der Waals surface area contributed by atoms with Gasteiger partial charge >= 0.3 is 11.9 Å².